The predicted molar refractivity (Wildman–Crippen MR) is 124 cm³/mol. The van der Waals surface area contributed by atoms with Gasteiger partial charge in [-0.25, -0.2) is 0 Å². The fraction of sp³-hybridized carbons (Fsp3) is 0.167. The van der Waals surface area contributed by atoms with Crippen LogP contribution in [0.3, 0.4) is 0 Å². The highest BCUT2D eigenvalue weighted by Gasteiger charge is 2.15. The van der Waals surface area contributed by atoms with Gasteiger partial charge in [0.25, 0.3) is 11.8 Å². The lowest BCUT2D eigenvalue weighted by atomic mass is 10.1. The van der Waals surface area contributed by atoms with Crippen LogP contribution < -0.4 is 10.6 Å². The summed E-state index contributed by atoms with van der Waals surface area (Å²) in [5.41, 5.74) is 5.69. The number of hydrogen-bond donors (Lipinski definition) is 2. The van der Waals surface area contributed by atoms with E-state index in [9.17, 15) is 9.59 Å². The first-order valence-electron chi connectivity index (χ1n) is 9.42. The van der Waals surface area contributed by atoms with Gasteiger partial charge < -0.3 is 10.6 Å². The highest BCUT2D eigenvalue weighted by molar-refractivity contribution is 6.31. The Kier molecular flexibility index (Phi) is 6.49. The second-order valence-electron chi connectivity index (χ2n) is 7.32. The molecule has 154 valence electrons. The third-order valence-corrected chi connectivity index (χ3v) is 5.30. The van der Waals surface area contributed by atoms with Gasteiger partial charge >= 0.3 is 0 Å². The lowest BCUT2D eigenvalue weighted by Gasteiger charge is -2.14. The van der Waals surface area contributed by atoms with Gasteiger partial charge in [0.1, 0.15) is 0 Å². The summed E-state index contributed by atoms with van der Waals surface area (Å²) in [7, 11) is 0. The minimum atomic E-state index is -0.294. The summed E-state index contributed by atoms with van der Waals surface area (Å²) in [6, 6.07) is 13.8. The molecule has 0 radical (unpaired) electrons. The predicted octanol–water partition coefficient (Wildman–Crippen LogP) is 6.73. The number of carbonyl (C=O) groups is 2. The first kappa shape index (κ1) is 21.9. The van der Waals surface area contributed by atoms with Crippen LogP contribution in [0.2, 0.25) is 10.0 Å². The van der Waals surface area contributed by atoms with Gasteiger partial charge in [0.2, 0.25) is 0 Å². The van der Waals surface area contributed by atoms with Crippen molar-refractivity contribution in [3.8, 4) is 0 Å². The molecule has 0 fully saturated rings. The Balaban J connectivity index is 1.82. The van der Waals surface area contributed by atoms with Crippen molar-refractivity contribution in [3.05, 3.63) is 92.0 Å². The van der Waals surface area contributed by atoms with Gasteiger partial charge in [-0.3, -0.25) is 9.59 Å². The van der Waals surface area contributed by atoms with Crippen LogP contribution in [0.5, 0.6) is 0 Å². The van der Waals surface area contributed by atoms with Crippen molar-refractivity contribution in [1.29, 1.82) is 0 Å². The van der Waals surface area contributed by atoms with Crippen LogP contribution in [-0.2, 0) is 0 Å². The molecule has 2 amide bonds. The molecule has 0 atom stereocenters. The van der Waals surface area contributed by atoms with Crippen LogP contribution in [-0.4, -0.2) is 11.8 Å². The van der Waals surface area contributed by atoms with Crippen LogP contribution in [0.4, 0.5) is 11.4 Å². The van der Waals surface area contributed by atoms with Crippen molar-refractivity contribution in [2.24, 2.45) is 0 Å². The SMILES string of the molecule is Cc1cc(Cl)cc(C)c1NC(=O)c1cccc(C(=O)Nc2c(C)cc(Cl)cc2C)c1. The summed E-state index contributed by atoms with van der Waals surface area (Å²) in [4.78, 5) is 25.6. The average molecular weight is 441 g/mol. The number of amides is 2. The molecule has 3 aromatic carbocycles. The monoisotopic (exact) mass is 440 g/mol. The standard InChI is InChI=1S/C24H22Cl2N2O2/c1-13-8-19(25)9-14(2)21(13)27-23(29)17-6-5-7-18(12-17)24(30)28-22-15(3)10-20(26)11-16(22)4/h5-12H,1-4H3,(H,27,29)(H,28,30). The zero-order valence-electron chi connectivity index (χ0n) is 17.2. The summed E-state index contributed by atoms with van der Waals surface area (Å²) in [6.07, 6.45) is 0. The van der Waals surface area contributed by atoms with Gasteiger partial charge in [-0.2, -0.15) is 0 Å². The Morgan fingerprint density at radius 2 is 0.967 bits per heavy atom. The van der Waals surface area contributed by atoms with Crippen LogP contribution >= 0.6 is 23.2 Å². The fourth-order valence-electron chi connectivity index (χ4n) is 3.39. The molecule has 3 rings (SSSR count). The summed E-state index contributed by atoms with van der Waals surface area (Å²) in [5, 5.41) is 7.08. The van der Waals surface area contributed by atoms with E-state index in [1.807, 2.05) is 27.7 Å². The minimum absolute atomic E-state index is 0.294. The molecular formula is C24H22Cl2N2O2. The molecule has 2 N–H and O–H groups in total. The van der Waals surface area contributed by atoms with Crippen LogP contribution in [0.1, 0.15) is 43.0 Å². The molecule has 0 saturated heterocycles. The zero-order valence-corrected chi connectivity index (χ0v) is 18.7. The fourth-order valence-corrected chi connectivity index (χ4v) is 4.04. The molecule has 0 spiro atoms. The molecule has 0 aromatic heterocycles. The third-order valence-electron chi connectivity index (χ3n) is 4.86. The van der Waals surface area contributed by atoms with Gasteiger partial charge in [-0.05, 0) is 92.4 Å². The van der Waals surface area contributed by atoms with Gasteiger partial charge in [0.05, 0.1) is 0 Å². The van der Waals surface area contributed by atoms with Crippen molar-refractivity contribution in [3.63, 3.8) is 0 Å². The lowest BCUT2D eigenvalue weighted by Crippen LogP contribution is -2.17. The Morgan fingerprint density at radius 3 is 1.30 bits per heavy atom. The van der Waals surface area contributed by atoms with Crippen LogP contribution in [0.25, 0.3) is 0 Å². The van der Waals surface area contributed by atoms with E-state index >= 15 is 0 Å². The molecule has 4 nitrogen and oxygen atoms in total. The van der Waals surface area contributed by atoms with Crippen molar-refractivity contribution in [1.82, 2.24) is 0 Å². The van der Waals surface area contributed by atoms with Crippen molar-refractivity contribution < 1.29 is 9.59 Å². The molecule has 0 saturated carbocycles. The Morgan fingerprint density at radius 1 is 0.633 bits per heavy atom. The maximum Gasteiger partial charge on any atom is 0.255 e. The van der Waals surface area contributed by atoms with E-state index in [0.29, 0.717) is 32.5 Å². The largest absolute Gasteiger partial charge is 0.322 e. The highest BCUT2D eigenvalue weighted by Crippen LogP contribution is 2.27. The number of aryl methyl sites for hydroxylation is 4. The maximum atomic E-state index is 12.8. The topological polar surface area (TPSA) is 58.2 Å². The first-order chi connectivity index (χ1) is 14.2. The second kappa shape index (κ2) is 8.90. The van der Waals surface area contributed by atoms with Crippen molar-refractivity contribution in [2.75, 3.05) is 10.6 Å². The van der Waals surface area contributed by atoms with Crippen molar-refractivity contribution in [2.45, 2.75) is 27.7 Å². The molecule has 30 heavy (non-hydrogen) atoms. The molecule has 0 bridgehead atoms. The molecule has 0 unspecified atom stereocenters. The maximum absolute atomic E-state index is 12.8. The highest BCUT2D eigenvalue weighted by atomic mass is 35.5. The second-order valence-corrected chi connectivity index (χ2v) is 8.19. The Hall–Kier alpha value is -2.82. The quantitative estimate of drug-likeness (QED) is 0.472. The van der Waals surface area contributed by atoms with Crippen LogP contribution in [0.15, 0.2) is 48.5 Å². The zero-order chi connectivity index (χ0) is 22.0. The van der Waals surface area contributed by atoms with Crippen LogP contribution in [0, 0.1) is 27.7 Å². The number of hydrogen-bond acceptors (Lipinski definition) is 2. The van der Waals surface area contributed by atoms with E-state index in [4.69, 9.17) is 23.2 Å². The molecule has 0 aliphatic carbocycles. The summed E-state index contributed by atoms with van der Waals surface area (Å²) in [5.74, 6) is -0.589. The minimum Gasteiger partial charge on any atom is -0.322 e. The molecule has 0 aliphatic heterocycles. The number of rotatable bonds is 4. The number of carbonyl (C=O) groups excluding carboxylic acids is 2. The third kappa shape index (κ3) is 4.84. The van der Waals surface area contributed by atoms with Gasteiger partial charge in [0, 0.05) is 32.5 Å². The number of halogens is 2. The normalized spacial score (nSPS) is 10.6. The van der Waals surface area contributed by atoms with E-state index in [-0.39, 0.29) is 11.8 Å². The van der Waals surface area contributed by atoms with E-state index < -0.39 is 0 Å². The van der Waals surface area contributed by atoms with E-state index in [2.05, 4.69) is 10.6 Å². The number of anilines is 2. The Labute approximate surface area is 186 Å². The van der Waals surface area contributed by atoms with Gasteiger partial charge in [0.15, 0.2) is 0 Å². The summed E-state index contributed by atoms with van der Waals surface area (Å²) < 4.78 is 0. The number of benzene rings is 3. The molecule has 0 aliphatic rings. The van der Waals surface area contributed by atoms with Crippen molar-refractivity contribution >= 4 is 46.4 Å². The molecule has 3 aromatic rings. The molecule has 0 heterocycles. The van der Waals surface area contributed by atoms with Gasteiger partial charge in [-0.15, -0.1) is 0 Å². The first-order valence-corrected chi connectivity index (χ1v) is 10.2. The van der Waals surface area contributed by atoms with E-state index in [1.54, 1.807) is 48.5 Å². The lowest BCUT2D eigenvalue weighted by molar-refractivity contribution is 0.102. The number of nitrogens with one attached hydrogen (secondary N) is 2. The smallest absolute Gasteiger partial charge is 0.255 e. The Bertz CT molecular complexity index is 1020. The average Bonchev–Trinajstić information content (AvgIpc) is 2.67. The van der Waals surface area contributed by atoms with E-state index in [0.717, 1.165) is 22.3 Å². The summed E-state index contributed by atoms with van der Waals surface area (Å²) in [6.45, 7) is 7.54. The molecular weight excluding hydrogens is 419 g/mol. The summed E-state index contributed by atoms with van der Waals surface area (Å²) >= 11 is 12.1. The van der Waals surface area contributed by atoms with Gasteiger partial charge in [-0.1, -0.05) is 29.3 Å². The molecule has 6 heteroatoms. The van der Waals surface area contributed by atoms with E-state index in [1.165, 1.54) is 0 Å².